The first-order valence-electron chi connectivity index (χ1n) is 7.45. The summed E-state index contributed by atoms with van der Waals surface area (Å²) in [6.07, 6.45) is 8.27. The van der Waals surface area contributed by atoms with E-state index in [1.165, 1.54) is 45.1 Å². The summed E-state index contributed by atoms with van der Waals surface area (Å²) in [5.41, 5.74) is 1.06. The molecule has 2 unspecified atom stereocenters. The van der Waals surface area contributed by atoms with Gasteiger partial charge in [0.2, 0.25) is 0 Å². The van der Waals surface area contributed by atoms with E-state index >= 15 is 0 Å². The molecule has 0 spiro atoms. The lowest BCUT2D eigenvalue weighted by molar-refractivity contribution is 0.0541. The van der Waals surface area contributed by atoms with Gasteiger partial charge in [0, 0.05) is 22.6 Å². The Morgan fingerprint density at radius 3 is 2.84 bits per heavy atom. The van der Waals surface area contributed by atoms with Crippen LogP contribution in [0.5, 0.6) is 5.75 Å². The lowest BCUT2D eigenvalue weighted by Crippen LogP contribution is -2.46. The number of phenols is 1. The molecule has 0 amide bonds. The largest absolute Gasteiger partial charge is 0.508 e. The van der Waals surface area contributed by atoms with Crippen molar-refractivity contribution in [2.45, 2.75) is 51.1 Å². The van der Waals surface area contributed by atoms with E-state index in [2.05, 4.69) is 26.9 Å². The molecule has 0 aromatic heterocycles. The zero-order valence-corrected chi connectivity index (χ0v) is 12.9. The van der Waals surface area contributed by atoms with Crippen molar-refractivity contribution in [1.82, 2.24) is 4.90 Å². The Morgan fingerprint density at radius 2 is 1.95 bits per heavy atom. The second-order valence-electron chi connectivity index (χ2n) is 6.00. The van der Waals surface area contributed by atoms with Crippen LogP contribution in [0, 0.1) is 5.92 Å². The standard InChI is InChI=1S/C16H22BrNO/c17-14-7-8-16(19)13(10-14)11-18-9-3-5-12-4-1-2-6-15(12)18/h7-8,10,12,15,19H,1-6,9,11H2. The number of nitrogens with zero attached hydrogens (tertiary/aromatic N) is 1. The molecule has 1 aliphatic carbocycles. The molecule has 19 heavy (non-hydrogen) atoms. The third-order valence-corrected chi connectivity index (χ3v) is 5.27. The number of hydrogen-bond donors (Lipinski definition) is 1. The van der Waals surface area contributed by atoms with Crippen LogP contribution in [-0.2, 0) is 6.54 Å². The number of aromatic hydroxyl groups is 1. The lowest BCUT2D eigenvalue weighted by Gasteiger charge is -2.44. The van der Waals surface area contributed by atoms with Gasteiger partial charge in [-0.2, -0.15) is 0 Å². The van der Waals surface area contributed by atoms with Crippen molar-refractivity contribution < 1.29 is 5.11 Å². The molecule has 1 N–H and O–H groups in total. The van der Waals surface area contributed by atoms with Crippen molar-refractivity contribution in [2.24, 2.45) is 5.92 Å². The van der Waals surface area contributed by atoms with Crippen molar-refractivity contribution in [3.63, 3.8) is 0 Å². The van der Waals surface area contributed by atoms with E-state index < -0.39 is 0 Å². The molecule has 2 fully saturated rings. The van der Waals surface area contributed by atoms with Crippen LogP contribution in [0.2, 0.25) is 0 Å². The molecular formula is C16H22BrNO. The van der Waals surface area contributed by atoms with E-state index in [1.54, 1.807) is 6.07 Å². The number of likely N-dealkylation sites (tertiary alicyclic amines) is 1. The third-order valence-electron chi connectivity index (χ3n) is 4.77. The van der Waals surface area contributed by atoms with Crippen molar-refractivity contribution >= 4 is 15.9 Å². The van der Waals surface area contributed by atoms with Gasteiger partial charge in [0.05, 0.1) is 0 Å². The van der Waals surface area contributed by atoms with E-state index in [-0.39, 0.29) is 0 Å². The Morgan fingerprint density at radius 1 is 1.16 bits per heavy atom. The number of phenolic OH excluding ortho intramolecular Hbond substituents is 1. The first-order chi connectivity index (χ1) is 9.24. The van der Waals surface area contributed by atoms with Gasteiger partial charge in [0.25, 0.3) is 0 Å². The minimum Gasteiger partial charge on any atom is -0.508 e. The minimum absolute atomic E-state index is 0.432. The molecule has 0 bridgehead atoms. The SMILES string of the molecule is Oc1ccc(Br)cc1CN1CCCC2CCCCC21. The molecule has 104 valence electrons. The molecule has 0 radical (unpaired) electrons. The van der Waals surface area contributed by atoms with Gasteiger partial charge in [0.15, 0.2) is 0 Å². The van der Waals surface area contributed by atoms with Crippen LogP contribution in [0.3, 0.4) is 0 Å². The lowest BCUT2D eigenvalue weighted by atomic mass is 9.78. The maximum absolute atomic E-state index is 10.0. The molecule has 3 rings (SSSR count). The maximum atomic E-state index is 10.0. The highest BCUT2D eigenvalue weighted by Crippen LogP contribution is 2.36. The number of fused-ring (bicyclic) bond motifs is 1. The Hall–Kier alpha value is -0.540. The highest BCUT2D eigenvalue weighted by atomic mass is 79.9. The fraction of sp³-hybridized carbons (Fsp3) is 0.625. The van der Waals surface area contributed by atoms with Crippen LogP contribution in [-0.4, -0.2) is 22.6 Å². The number of rotatable bonds is 2. The smallest absolute Gasteiger partial charge is 0.120 e. The Bertz CT molecular complexity index is 446. The van der Waals surface area contributed by atoms with Gasteiger partial charge in [-0.25, -0.2) is 0 Å². The Labute approximate surface area is 123 Å². The predicted octanol–water partition coefficient (Wildman–Crippen LogP) is 4.31. The molecule has 1 heterocycles. The van der Waals surface area contributed by atoms with Crippen molar-refractivity contribution in [2.75, 3.05) is 6.54 Å². The summed E-state index contributed by atoms with van der Waals surface area (Å²) in [7, 11) is 0. The van der Waals surface area contributed by atoms with Crippen LogP contribution in [0.1, 0.15) is 44.1 Å². The van der Waals surface area contributed by atoms with Crippen molar-refractivity contribution in [1.29, 1.82) is 0 Å². The highest BCUT2D eigenvalue weighted by Gasteiger charge is 2.33. The van der Waals surface area contributed by atoms with Gasteiger partial charge in [-0.05, 0) is 56.3 Å². The molecule has 1 aromatic rings. The van der Waals surface area contributed by atoms with E-state index in [0.717, 1.165) is 28.5 Å². The summed E-state index contributed by atoms with van der Waals surface area (Å²) in [5, 5.41) is 10.0. The van der Waals surface area contributed by atoms with Gasteiger partial charge >= 0.3 is 0 Å². The topological polar surface area (TPSA) is 23.5 Å². The summed E-state index contributed by atoms with van der Waals surface area (Å²) in [6.45, 7) is 2.08. The zero-order valence-electron chi connectivity index (χ0n) is 11.3. The number of piperidine rings is 1. The summed E-state index contributed by atoms with van der Waals surface area (Å²) >= 11 is 3.50. The second-order valence-corrected chi connectivity index (χ2v) is 6.91. The molecular weight excluding hydrogens is 302 g/mol. The molecule has 1 aromatic carbocycles. The fourth-order valence-corrected chi connectivity index (χ4v) is 4.23. The monoisotopic (exact) mass is 323 g/mol. The molecule has 3 heteroatoms. The Kier molecular flexibility index (Phi) is 4.13. The van der Waals surface area contributed by atoms with Gasteiger partial charge in [-0.15, -0.1) is 0 Å². The minimum atomic E-state index is 0.432. The van der Waals surface area contributed by atoms with Gasteiger partial charge < -0.3 is 5.11 Å². The Balaban J connectivity index is 1.75. The molecule has 2 atom stereocenters. The van der Waals surface area contributed by atoms with Gasteiger partial charge in [-0.3, -0.25) is 4.90 Å². The van der Waals surface area contributed by atoms with Crippen LogP contribution < -0.4 is 0 Å². The predicted molar refractivity (Wildman–Crippen MR) is 81.2 cm³/mol. The fourth-order valence-electron chi connectivity index (χ4n) is 3.82. The van der Waals surface area contributed by atoms with E-state index in [4.69, 9.17) is 0 Å². The van der Waals surface area contributed by atoms with Crippen LogP contribution in [0.25, 0.3) is 0 Å². The number of halogens is 1. The maximum Gasteiger partial charge on any atom is 0.120 e. The normalized spacial score (nSPS) is 28.1. The zero-order chi connectivity index (χ0) is 13.2. The quantitative estimate of drug-likeness (QED) is 0.876. The molecule has 1 saturated heterocycles. The molecule has 1 aliphatic heterocycles. The summed E-state index contributed by atoms with van der Waals surface area (Å²) in [5.74, 6) is 1.33. The average molecular weight is 324 g/mol. The second kappa shape index (κ2) is 5.84. The first kappa shape index (κ1) is 13.4. The summed E-state index contributed by atoms with van der Waals surface area (Å²) < 4.78 is 1.05. The number of benzene rings is 1. The molecule has 1 saturated carbocycles. The van der Waals surface area contributed by atoms with Crippen molar-refractivity contribution in [3.05, 3.63) is 28.2 Å². The molecule has 2 nitrogen and oxygen atoms in total. The number of hydrogen-bond acceptors (Lipinski definition) is 2. The van der Waals surface area contributed by atoms with Gasteiger partial charge in [0.1, 0.15) is 5.75 Å². The van der Waals surface area contributed by atoms with Crippen molar-refractivity contribution in [3.8, 4) is 5.75 Å². The van der Waals surface area contributed by atoms with Gasteiger partial charge in [-0.1, -0.05) is 28.8 Å². The van der Waals surface area contributed by atoms with E-state index in [1.807, 2.05) is 6.07 Å². The van der Waals surface area contributed by atoms with Crippen LogP contribution in [0.4, 0.5) is 0 Å². The third kappa shape index (κ3) is 2.97. The highest BCUT2D eigenvalue weighted by molar-refractivity contribution is 9.10. The average Bonchev–Trinajstić information content (AvgIpc) is 2.43. The summed E-state index contributed by atoms with van der Waals surface area (Å²) in [6, 6.07) is 6.50. The van der Waals surface area contributed by atoms with Crippen LogP contribution in [0.15, 0.2) is 22.7 Å². The van der Waals surface area contributed by atoms with E-state index in [9.17, 15) is 5.11 Å². The first-order valence-corrected chi connectivity index (χ1v) is 8.25. The summed E-state index contributed by atoms with van der Waals surface area (Å²) in [4.78, 5) is 2.61. The van der Waals surface area contributed by atoms with E-state index in [0.29, 0.717) is 5.75 Å². The van der Waals surface area contributed by atoms with Crippen LogP contribution >= 0.6 is 15.9 Å². The molecule has 2 aliphatic rings.